The molecule has 0 aliphatic rings. The van der Waals surface area contributed by atoms with Gasteiger partial charge in [0.05, 0.1) is 18.9 Å². The number of guanidine groups is 1. The van der Waals surface area contributed by atoms with Crippen LogP contribution in [0.2, 0.25) is 0 Å². The van der Waals surface area contributed by atoms with Crippen LogP contribution in [0, 0.1) is 0 Å². The summed E-state index contributed by atoms with van der Waals surface area (Å²) in [6.45, 7) is 11.8. The highest BCUT2D eigenvalue weighted by Crippen LogP contribution is 2.20. The molecule has 1 heterocycles. The first kappa shape index (κ1) is 20.0. The lowest BCUT2D eigenvalue weighted by Gasteiger charge is -2.29. The Morgan fingerprint density at radius 2 is 1.92 bits per heavy atom. The van der Waals surface area contributed by atoms with Gasteiger partial charge >= 0.3 is 0 Å². The normalized spacial score (nSPS) is 13.0. The first-order valence-corrected chi connectivity index (χ1v) is 9.55. The van der Waals surface area contributed by atoms with Crippen LogP contribution < -0.4 is 10.6 Å². The number of aromatic nitrogens is 2. The fourth-order valence-electron chi connectivity index (χ4n) is 3.01. The Hall–Kier alpha value is -2.34. The highest BCUT2D eigenvalue weighted by molar-refractivity contribution is 5.79. The largest absolute Gasteiger partial charge is 0.357 e. The van der Waals surface area contributed by atoms with Crippen LogP contribution in [-0.4, -0.2) is 53.1 Å². The zero-order valence-electron chi connectivity index (χ0n) is 16.2. The average Bonchev–Trinajstić information content (AvgIpc) is 3.19. The zero-order valence-corrected chi connectivity index (χ0v) is 16.2. The van der Waals surface area contributed by atoms with Crippen molar-refractivity contribution in [3.05, 3.63) is 54.6 Å². The highest BCUT2D eigenvalue weighted by atomic mass is 15.2. The number of hydrogen-bond donors (Lipinski definition) is 2. The predicted molar refractivity (Wildman–Crippen MR) is 108 cm³/mol. The van der Waals surface area contributed by atoms with E-state index in [1.807, 2.05) is 12.5 Å². The lowest BCUT2D eigenvalue weighted by Crippen LogP contribution is -2.40. The van der Waals surface area contributed by atoms with Crippen LogP contribution in [0.15, 0.2) is 54.0 Å². The van der Waals surface area contributed by atoms with Crippen molar-refractivity contribution in [3.63, 3.8) is 0 Å². The van der Waals surface area contributed by atoms with E-state index in [0.29, 0.717) is 0 Å². The lowest BCUT2D eigenvalue weighted by molar-refractivity contribution is 0.224. The van der Waals surface area contributed by atoms with Gasteiger partial charge in [0.2, 0.25) is 0 Å². The molecule has 1 unspecified atom stereocenters. The van der Waals surface area contributed by atoms with E-state index in [-0.39, 0.29) is 6.04 Å². The molecule has 1 aromatic heterocycles. The molecule has 0 saturated carbocycles. The van der Waals surface area contributed by atoms with Crippen LogP contribution in [-0.2, 0) is 6.54 Å². The highest BCUT2D eigenvalue weighted by Gasteiger charge is 2.17. The Morgan fingerprint density at radius 1 is 1.15 bits per heavy atom. The second kappa shape index (κ2) is 11.3. The van der Waals surface area contributed by atoms with Crippen molar-refractivity contribution < 1.29 is 0 Å². The Morgan fingerprint density at radius 3 is 2.54 bits per heavy atom. The minimum absolute atomic E-state index is 0.287. The van der Waals surface area contributed by atoms with E-state index < -0.39 is 0 Å². The number of nitrogens with one attached hydrogen (secondary N) is 2. The number of likely N-dealkylation sites (N-methyl/N-ethyl adjacent to an activating group) is 1. The summed E-state index contributed by atoms with van der Waals surface area (Å²) in [5, 5.41) is 6.75. The molecule has 2 N–H and O–H groups in total. The maximum Gasteiger partial charge on any atom is 0.191 e. The topological polar surface area (TPSA) is 57.5 Å². The molecule has 1 aromatic carbocycles. The predicted octanol–water partition coefficient (Wildman–Crippen LogP) is 2.52. The Bertz CT molecular complexity index is 619. The van der Waals surface area contributed by atoms with E-state index in [9.17, 15) is 0 Å². The number of nitrogens with zero attached hydrogens (tertiary/aromatic N) is 4. The number of hydrogen-bond acceptors (Lipinski definition) is 3. The van der Waals surface area contributed by atoms with E-state index in [0.717, 1.165) is 45.2 Å². The Balaban J connectivity index is 2.02. The Kier molecular flexibility index (Phi) is 8.69. The molecule has 1 atom stereocenters. The Labute approximate surface area is 157 Å². The van der Waals surface area contributed by atoms with Gasteiger partial charge in [-0.3, -0.25) is 9.89 Å². The summed E-state index contributed by atoms with van der Waals surface area (Å²) >= 11 is 0. The first-order chi connectivity index (χ1) is 12.8. The van der Waals surface area contributed by atoms with Gasteiger partial charge in [0.1, 0.15) is 0 Å². The molecule has 0 radical (unpaired) electrons. The van der Waals surface area contributed by atoms with Gasteiger partial charge in [-0.15, -0.1) is 0 Å². The smallest absolute Gasteiger partial charge is 0.191 e. The van der Waals surface area contributed by atoms with Gasteiger partial charge in [-0.2, -0.15) is 0 Å². The number of aliphatic imine (C=N–C) groups is 1. The second-order valence-corrected chi connectivity index (χ2v) is 6.09. The summed E-state index contributed by atoms with van der Waals surface area (Å²) in [7, 11) is 0. The maximum absolute atomic E-state index is 4.85. The number of rotatable bonds is 10. The molecule has 0 aliphatic carbocycles. The van der Waals surface area contributed by atoms with Gasteiger partial charge < -0.3 is 15.2 Å². The van der Waals surface area contributed by atoms with Crippen LogP contribution in [0.1, 0.15) is 32.4 Å². The standard InChI is InChI=1S/C20H32N6/c1-4-22-20(23-13-15-25-14-12-21-17-25)24-16-19(26(5-2)6-3)18-10-8-7-9-11-18/h7-12,14,17,19H,4-6,13,15-16H2,1-3H3,(H2,22,23,24). The molecule has 142 valence electrons. The van der Waals surface area contributed by atoms with E-state index in [2.05, 4.69) is 76.2 Å². The average molecular weight is 357 g/mol. The summed E-state index contributed by atoms with van der Waals surface area (Å²) in [5.74, 6) is 0.862. The molecule has 0 aliphatic heterocycles. The van der Waals surface area contributed by atoms with Crippen molar-refractivity contribution in [3.8, 4) is 0 Å². The fraction of sp³-hybridized carbons (Fsp3) is 0.500. The quantitative estimate of drug-likeness (QED) is 0.507. The number of imidazole rings is 1. The number of benzene rings is 1. The van der Waals surface area contributed by atoms with E-state index in [1.54, 1.807) is 6.20 Å². The molecular weight excluding hydrogens is 324 g/mol. The van der Waals surface area contributed by atoms with Gasteiger partial charge in [-0.25, -0.2) is 4.98 Å². The van der Waals surface area contributed by atoms with Crippen molar-refractivity contribution in [1.29, 1.82) is 0 Å². The first-order valence-electron chi connectivity index (χ1n) is 9.55. The molecule has 0 spiro atoms. The van der Waals surface area contributed by atoms with Gasteiger partial charge in [0, 0.05) is 32.0 Å². The lowest BCUT2D eigenvalue weighted by atomic mass is 10.1. The van der Waals surface area contributed by atoms with Crippen molar-refractivity contribution >= 4 is 5.96 Å². The third kappa shape index (κ3) is 6.19. The third-order valence-electron chi connectivity index (χ3n) is 4.43. The molecule has 0 bridgehead atoms. The van der Waals surface area contributed by atoms with Crippen LogP contribution in [0.3, 0.4) is 0 Å². The van der Waals surface area contributed by atoms with Crippen LogP contribution in [0.4, 0.5) is 0 Å². The van der Waals surface area contributed by atoms with E-state index in [4.69, 9.17) is 4.99 Å². The van der Waals surface area contributed by atoms with Crippen LogP contribution in [0.5, 0.6) is 0 Å². The summed E-state index contributed by atoms with van der Waals surface area (Å²) in [6, 6.07) is 10.9. The van der Waals surface area contributed by atoms with Crippen molar-refractivity contribution in [2.24, 2.45) is 4.99 Å². The molecule has 0 amide bonds. The van der Waals surface area contributed by atoms with Crippen molar-refractivity contribution in [2.75, 3.05) is 32.7 Å². The molecule has 6 nitrogen and oxygen atoms in total. The molecule has 2 aromatic rings. The molecule has 0 fully saturated rings. The minimum atomic E-state index is 0.287. The summed E-state index contributed by atoms with van der Waals surface area (Å²) < 4.78 is 2.05. The van der Waals surface area contributed by atoms with Crippen LogP contribution >= 0.6 is 0 Å². The summed E-state index contributed by atoms with van der Waals surface area (Å²) in [5.41, 5.74) is 1.31. The van der Waals surface area contributed by atoms with Gasteiger partial charge in [-0.1, -0.05) is 44.2 Å². The molecular formula is C20H32N6. The minimum Gasteiger partial charge on any atom is -0.357 e. The monoisotopic (exact) mass is 356 g/mol. The maximum atomic E-state index is 4.85. The molecule has 6 heteroatoms. The van der Waals surface area contributed by atoms with Crippen molar-refractivity contribution in [2.45, 2.75) is 33.4 Å². The fourth-order valence-corrected chi connectivity index (χ4v) is 3.01. The SMILES string of the molecule is CCNC(=NCC(c1ccccc1)N(CC)CC)NCCn1ccnc1. The van der Waals surface area contributed by atoms with Crippen molar-refractivity contribution in [1.82, 2.24) is 25.1 Å². The summed E-state index contributed by atoms with van der Waals surface area (Å²) in [4.78, 5) is 11.4. The van der Waals surface area contributed by atoms with Gasteiger partial charge in [0.25, 0.3) is 0 Å². The van der Waals surface area contributed by atoms with E-state index >= 15 is 0 Å². The summed E-state index contributed by atoms with van der Waals surface area (Å²) in [6.07, 6.45) is 5.60. The van der Waals surface area contributed by atoms with Gasteiger partial charge in [-0.05, 0) is 25.6 Å². The van der Waals surface area contributed by atoms with Gasteiger partial charge in [0.15, 0.2) is 5.96 Å². The molecule has 26 heavy (non-hydrogen) atoms. The third-order valence-corrected chi connectivity index (χ3v) is 4.43. The molecule has 2 rings (SSSR count). The molecule has 0 saturated heterocycles. The zero-order chi connectivity index (χ0) is 18.6. The van der Waals surface area contributed by atoms with Crippen LogP contribution in [0.25, 0.3) is 0 Å². The van der Waals surface area contributed by atoms with E-state index in [1.165, 1.54) is 5.56 Å². The second-order valence-electron chi connectivity index (χ2n) is 6.09.